The third-order valence-corrected chi connectivity index (χ3v) is 2.49. The van der Waals surface area contributed by atoms with Crippen LogP contribution in [0.4, 0.5) is 10.5 Å². The molecule has 0 unspecified atom stereocenters. The molecule has 114 valence electrons. The number of nitrogens with one attached hydrogen (secondary N) is 1. The van der Waals surface area contributed by atoms with Crippen molar-refractivity contribution in [2.45, 2.75) is 39.3 Å². The first-order chi connectivity index (χ1) is 9.60. The molecule has 0 radical (unpaired) electrons. The maximum atomic E-state index is 12.1. The number of nitro groups is 1. The average molecular weight is 294 g/mol. The summed E-state index contributed by atoms with van der Waals surface area (Å²) in [6.45, 7) is 6.67. The van der Waals surface area contributed by atoms with Gasteiger partial charge in [0, 0.05) is 17.7 Å². The third-order valence-electron chi connectivity index (χ3n) is 2.49. The Morgan fingerprint density at radius 1 is 1.24 bits per heavy atom. The number of nitro benzene ring substituents is 1. The van der Waals surface area contributed by atoms with Gasteiger partial charge >= 0.3 is 6.09 Å². The first-order valence-electron chi connectivity index (χ1n) is 6.38. The molecule has 1 aromatic carbocycles. The summed E-state index contributed by atoms with van der Waals surface area (Å²) >= 11 is 0. The lowest BCUT2D eigenvalue weighted by Gasteiger charge is -2.21. The van der Waals surface area contributed by atoms with Crippen LogP contribution in [0.2, 0.25) is 0 Å². The molecule has 1 N–H and O–H groups in total. The molecular formula is C14H18N2O5. The predicted molar refractivity (Wildman–Crippen MR) is 76.3 cm³/mol. The molecule has 21 heavy (non-hydrogen) atoms. The first-order valence-corrected chi connectivity index (χ1v) is 6.38. The Morgan fingerprint density at radius 2 is 1.76 bits per heavy atom. The fourth-order valence-electron chi connectivity index (χ4n) is 1.55. The van der Waals surface area contributed by atoms with E-state index in [-0.39, 0.29) is 17.0 Å². The number of carbonyl (C=O) groups is 2. The van der Waals surface area contributed by atoms with E-state index in [1.165, 1.54) is 31.2 Å². The molecule has 1 rings (SSSR count). The third kappa shape index (κ3) is 5.21. The van der Waals surface area contributed by atoms with Crippen molar-refractivity contribution in [2.75, 3.05) is 0 Å². The van der Waals surface area contributed by atoms with Crippen LogP contribution in [0.3, 0.4) is 0 Å². The van der Waals surface area contributed by atoms with Crippen molar-refractivity contribution in [3.8, 4) is 0 Å². The minimum absolute atomic E-state index is 0.0979. The number of hydrogen-bond acceptors (Lipinski definition) is 5. The topological polar surface area (TPSA) is 98.5 Å². The summed E-state index contributed by atoms with van der Waals surface area (Å²) in [6.07, 6.45) is -0.690. The molecule has 0 bridgehead atoms. The highest BCUT2D eigenvalue weighted by Gasteiger charge is 2.22. The van der Waals surface area contributed by atoms with Crippen LogP contribution in [0, 0.1) is 10.1 Å². The normalized spacial score (nSPS) is 12.4. The zero-order chi connectivity index (χ0) is 16.2. The van der Waals surface area contributed by atoms with Crippen molar-refractivity contribution >= 4 is 17.6 Å². The lowest BCUT2D eigenvalue weighted by atomic mass is 10.1. The Labute approximate surface area is 122 Å². The number of ketones is 1. The minimum Gasteiger partial charge on any atom is -0.444 e. The summed E-state index contributed by atoms with van der Waals surface area (Å²) in [4.78, 5) is 33.7. The Hall–Kier alpha value is -2.44. The highest BCUT2D eigenvalue weighted by molar-refractivity contribution is 6.01. The highest BCUT2D eigenvalue weighted by Crippen LogP contribution is 2.13. The van der Waals surface area contributed by atoms with Crippen LogP contribution in [0.15, 0.2) is 24.3 Å². The van der Waals surface area contributed by atoms with Crippen LogP contribution in [0.25, 0.3) is 0 Å². The van der Waals surface area contributed by atoms with Gasteiger partial charge in [-0.2, -0.15) is 0 Å². The molecular weight excluding hydrogens is 276 g/mol. The molecule has 0 saturated heterocycles. The van der Waals surface area contributed by atoms with Crippen molar-refractivity contribution in [1.82, 2.24) is 5.32 Å². The Balaban J connectivity index is 2.70. The standard InChI is InChI=1S/C14H18N2O5/c1-9(15-13(18)21-14(2,3)4)12(17)10-5-7-11(8-6-10)16(19)20/h5-9H,1-4H3,(H,15,18)/t9-/m0/s1. The molecule has 7 heteroatoms. The van der Waals surface area contributed by atoms with Gasteiger partial charge in [0.2, 0.25) is 0 Å². The van der Waals surface area contributed by atoms with Gasteiger partial charge < -0.3 is 10.1 Å². The summed E-state index contributed by atoms with van der Waals surface area (Å²) in [5, 5.41) is 13.0. The van der Waals surface area contributed by atoms with Crippen LogP contribution in [-0.2, 0) is 4.74 Å². The maximum absolute atomic E-state index is 12.1. The SMILES string of the molecule is C[C@H](NC(=O)OC(C)(C)C)C(=O)c1ccc([N+](=O)[O-])cc1. The van der Waals surface area contributed by atoms with E-state index in [2.05, 4.69) is 5.32 Å². The highest BCUT2D eigenvalue weighted by atomic mass is 16.6. The van der Waals surface area contributed by atoms with Crippen LogP contribution in [0.5, 0.6) is 0 Å². The van der Waals surface area contributed by atoms with Crippen molar-refractivity contribution in [2.24, 2.45) is 0 Å². The van der Waals surface area contributed by atoms with Crippen LogP contribution in [0.1, 0.15) is 38.1 Å². The van der Waals surface area contributed by atoms with Crippen molar-refractivity contribution in [1.29, 1.82) is 0 Å². The van der Waals surface area contributed by atoms with E-state index in [1.54, 1.807) is 20.8 Å². The monoisotopic (exact) mass is 294 g/mol. The van der Waals surface area contributed by atoms with Gasteiger partial charge in [0.05, 0.1) is 11.0 Å². The molecule has 0 aromatic heterocycles. The number of benzene rings is 1. The predicted octanol–water partition coefficient (Wildman–Crippen LogP) is 2.69. The molecule has 0 aliphatic carbocycles. The van der Waals surface area contributed by atoms with Crippen molar-refractivity contribution in [3.05, 3.63) is 39.9 Å². The lowest BCUT2D eigenvalue weighted by molar-refractivity contribution is -0.384. The molecule has 0 aliphatic heterocycles. The molecule has 1 aromatic rings. The van der Waals surface area contributed by atoms with E-state index in [0.29, 0.717) is 0 Å². The minimum atomic E-state index is -0.790. The number of alkyl carbamates (subject to hydrolysis) is 1. The molecule has 0 fully saturated rings. The van der Waals surface area contributed by atoms with E-state index in [1.807, 2.05) is 0 Å². The fourth-order valence-corrected chi connectivity index (χ4v) is 1.55. The summed E-state index contributed by atoms with van der Waals surface area (Å²) in [5.74, 6) is -0.351. The molecule has 1 amide bonds. The van der Waals surface area contributed by atoms with E-state index in [9.17, 15) is 19.7 Å². The molecule has 0 spiro atoms. The first kappa shape index (κ1) is 16.6. The van der Waals surface area contributed by atoms with Crippen LogP contribution in [-0.4, -0.2) is 28.4 Å². The van der Waals surface area contributed by atoms with E-state index < -0.39 is 22.7 Å². The average Bonchev–Trinajstić information content (AvgIpc) is 2.35. The summed E-state index contributed by atoms with van der Waals surface area (Å²) in [6, 6.07) is 4.41. The van der Waals surface area contributed by atoms with Gasteiger partial charge in [-0.1, -0.05) is 0 Å². The Kier molecular flexibility index (Phi) is 5.02. The van der Waals surface area contributed by atoms with Crippen molar-refractivity contribution < 1.29 is 19.2 Å². The van der Waals surface area contributed by atoms with Crippen LogP contribution < -0.4 is 5.32 Å². The summed E-state index contributed by atoms with van der Waals surface area (Å²) in [7, 11) is 0. The largest absolute Gasteiger partial charge is 0.444 e. The smallest absolute Gasteiger partial charge is 0.408 e. The summed E-state index contributed by atoms with van der Waals surface area (Å²) < 4.78 is 5.05. The number of hydrogen-bond donors (Lipinski definition) is 1. The number of nitrogens with zero attached hydrogens (tertiary/aromatic N) is 1. The number of amides is 1. The molecule has 1 atom stereocenters. The molecule has 7 nitrogen and oxygen atoms in total. The van der Waals surface area contributed by atoms with E-state index in [4.69, 9.17) is 4.74 Å². The summed E-state index contributed by atoms with van der Waals surface area (Å²) in [5.41, 5.74) is -0.469. The number of rotatable bonds is 4. The maximum Gasteiger partial charge on any atom is 0.408 e. The van der Waals surface area contributed by atoms with Gasteiger partial charge in [0.15, 0.2) is 5.78 Å². The fraction of sp³-hybridized carbons (Fsp3) is 0.429. The van der Waals surface area contributed by atoms with Crippen LogP contribution >= 0.6 is 0 Å². The zero-order valence-corrected chi connectivity index (χ0v) is 12.4. The Morgan fingerprint density at radius 3 is 2.19 bits per heavy atom. The number of carbonyl (C=O) groups excluding carboxylic acids is 2. The number of non-ortho nitro benzene ring substituents is 1. The molecule has 0 heterocycles. The van der Waals surface area contributed by atoms with Gasteiger partial charge in [-0.3, -0.25) is 14.9 Å². The van der Waals surface area contributed by atoms with Crippen molar-refractivity contribution in [3.63, 3.8) is 0 Å². The molecule has 0 aliphatic rings. The van der Waals surface area contributed by atoms with E-state index >= 15 is 0 Å². The Bertz CT molecular complexity index is 545. The number of ether oxygens (including phenoxy) is 1. The quantitative estimate of drug-likeness (QED) is 0.523. The van der Waals surface area contributed by atoms with E-state index in [0.717, 1.165) is 0 Å². The lowest BCUT2D eigenvalue weighted by Crippen LogP contribution is -2.41. The second-order valence-corrected chi connectivity index (χ2v) is 5.54. The zero-order valence-electron chi connectivity index (χ0n) is 12.4. The second kappa shape index (κ2) is 6.34. The van der Waals surface area contributed by atoms with Gasteiger partial charge in [-0.25, -0.2) is 4.79 Å². The second-order valence-electron chi connectivity index (χ2n) is 5.54. The molecule has 0 saturated carbocycles. The number of Topliss-reactive ketones (excluding diaryl/α,β-unsaturated/α-hetero) is 1. The van der Waals surface area contributed by atoms with Gasteiger partial charge in [-0.15, -0.1) is 0 Å². The van der Waals surface area contributed by atoms with Gasteiger partial charge in [0.1, 0.15) is 5.60 Å². The van der Waals surface area contributed by atoms with Gasteiger partial charge in [0.25, 0.3) is 5.69 Å². The van der Waals surface area contributed by atoms with Gasteiger partial charge in [-0.05, 0) is 39.8 Å².